The summed E-state index contributed by atoms with van der Waals surface area (Å²) in [5.74, 6) is 1.82. The average molecular weight is 571 g/mol. The zero-order chi connectivity index (χ0) is 26.0. The summed E-state index contributed by atoms with van der Waals surface area (Å²) < 4.78 is 12.9. The van der Waals surface area contributed by atoms with Crippen LogP contribution in [0.3, 0.4) is 0 Å². The number of halogens is 1. The molecule has 6 nitrogen and oxygen atoms in total. The van der Waals surface area contributed by atoms with Crippen LogP contribution in [0, 0.1) is 35.5 Å². The van der Waals surface area contributed by atoms with Gasteiger partial charge in [-0.15, -0.1) is 0 Å². The van der Waals surface area contributed by atoms with Crippen LogP contribution >= 0.6 is 15.9 Å². The third kappa shape index (κ3) is 3.70. The Hall–Kier alpha value is -3.45. The van der Waals surface area contributed by atoms with E-state index in [1.54, 1.807) is 6.21 Å². The topological polar surface area (TPSA) is 68.2 Å². The predicted molar refractivity (Wildman–Crippen MR) is 148 cm³/mol. The quantitative estimate of drug-likeness (QED) is 0.199. The number of imide groups is 1. The van der Waals surface area contributed by atoms with Gasteiger partial charge in [0.25, 0.3) is 11.8 Å². The maximum Gasteiger partial charge on any atom is 0.254 e. The molecule has 5 aliphatic rings. The van der Waals surface area contributed by atoms with Crippen molar-refractivity contribution in [1.82, 2.24) is 5.01 Å². The second kappa shape index (κ2) is 9.09. The van der Waals surface area contributed by atoms with Crippen LogP contribution in [-0.4, -0.2) is 29.6 Å². The van der Waals surface area contributed by atoms with Gasteiger partial charge in [0.2, 0.25) is 0 Å². The lowest BCUT2D eigenvalue weighted by Gasteiger charge is -2.37. The molecule has 0 unspecified atom stereocenters. The number of amides is 2. The lowest BCUT2D eigenvalue weighted by atomic mass is 9.63. The summed E-state index contributed by atoms with van der Waals surface area (Å²) in [4.78, 5) is 26.5. The lowest BCUT2D eigenvalue weighted by molar-refractivity contribution is -0.140. The number of ether oxygens (including phenoxy) is 2. The van der Waals surface area contributed by atoms with Crippen molar-refractivity contribution in [3.63, 3.8) is 0 Å². The smallest absolute Gasteiger partial charge is 0.254 e. The number of rotatable bonds is 7. The van der Waals surface area contributed by atoms with Gasteiger partial charge >= 0.3 is 0 Å². The average Bonchev–Trinajstić information content (AvgIpc) is 3.71. The molecule has 7 heteroatoms. The van der Waals surface area contributed by atoms with E-state index in [1.165, 1.54) is 0 Å². The van der Waals surface area contributed by atoms with E-state index in [2.05, 4.69) is 57.4 Å². The first-order valence-corrected chi connectivity index (χ1v) is 14.0. The van der Waals surface area contributed by atoms with Crippen LogP contribution < -0.4 is 9.47 Å². The number of nitrogens with zero attached hydrogens (tertiary/aromatic N) is 2. The van der Waals surface area contributed by atoms with Crippen molar-refractivity contribution < 1.29 is 19.1 Å². The minimum absolute atomic E-state index is 0.167. The maximum atomic E-state index is 13.2. The van der Waals surface area contributed by atoms with E-state index < -0.39 is 0 Å². The van der Waals surface area contributed by atoms with E-state index >= 15 is 0 Å². The summed E-state index contributed by atoms with van der Waals surface area (Å²) in [5, 5.41) is 7.79. The fourth-order valence-corrected chi connectivity index (χ4v) is 7.39. The van der Waals surface area contributed by atoms with Gasteiger partial charge in [-0.2, -0.15) is 10.1 Å². The molecule has 0 spiro atoms. The lowest BCUT2D eigenvalue weighted by Crippen LogP contribution is -2.40. The molecular weight excluding hydrogens is 544 g/mol. The van der Waals surface area contributed by atoms with E-state index in [9.17, 15) is 9.59 Å². The number of hydrogen-bond acceptors (Lipinski definition) is 5. The molecule has 0 aromatic heterocycles. The van der Waals surface area contributed by atoms with Crippen LogP contribution in [0.2, 0.25) is 0 Å². The van der Waals surface area contributed by atoms with E-state index in [0.29, 0.717) is 46.6 Å². The molecule has 3 aromatic carbocycles. The fourth-order valence-electron chi connectivity index (χ4n) is 6.81. The highest BCUT2D eigenvalue weighted by atomic mass is 79.9. The van der Waals surface area contributed by atoms with Gasteiger partial charge in [-0.25, -0.2) is 0 Å². The number of hydrazone groups is 1. The zero-order valence-electron chi connectivity index (χ0n) is 20.9. The normalized spacial score (nSPS) is 28.7. The number of fused-ring (bicyclic) bond motifs is 1. The van der Waals surface area contributed by atoms with Gasteiger partial charge in [0.05, 0.1) is 29.1 Å². The Kier molecular flexibility index (Phi) is 5.65. The minimum atomic E-state index is -0.256. The van der Waals surface area contributed by atoms with Gasteiger partial charge in [-0.05, 0) is 87.0 Å². The number of carbonyl (C=O) groups excluding carboxylic acids is 2. The molecule has 3 fully saturated rings. The Balaban J connectivity index is 1.13. The summed E-state index contributed by atoms with van der Waals surface area (Å²) in [7, 11) is 0. The van der Waals surface area contributed by atoms with Crippen molar-refractivity contribution in [3.8, 4) is 11.5 Å². The van der Waals surface area contributed by atoms with Crippen LogP contribution in [-0.2, 0) is 16.2 Å². The molecule has 2 saturated carbocycles. The predicted octanol–water partition coefficient (Wildman–Crippen LogP) is 5.97. The standard InChI is InChI=1S/C31H27BrN2O4/c1-2-37-26-13-17(12-25(32)29(26)38-16-19-8-5-7-18-6-3-4-9-20(18)19)15-33-34-30(35)27-21-10-11-22(24-14-23(21)24)28(27)31(34)36/h3-13,15,21-24,27-28H,2,14,16H2,1H3/t21-,22-,23-,24+,27-,28+/m0/s1. The molecule has 1 heterocycles. The van der Waals surface area contributed by atoms with Gasteiger partial charge in [0, 0.05) is 0 Å². The fraction of sp³-hybridized carbons (Fsp3) is 0.323. The highest BCUT2D eigenvalue weighted by Crippen LogP contribution is 2.65. The monoisotopic (exact) mass is 570 g/mol. The molecule has 1 saturated heterocycles. The van der Waals surface area contributed by atoms with Crippen molar-refractivity contribution in [1.29, 1.82) is 0 Å². The van der Waals surface area contributed by atoms with Gasteiger partial charge in [0.15, 0.2) is 11.5 Å². The van der Waals surface area contributed by atoms with E-state index in [1.807, 2.05) is 37.3 Å². The number of hydrogen-bond donors (Lipinski definition) is 0. The molecule has 192 valence electrons. The van der Waals surface area contributed by atoms with E-state index in [4.69, 9.17) is 9.47 Å². The third-order valence-corrected chi connectivity index (χ3v) is 9.13. The maximum absolute atomic E-state index is 13.2. The molecule has 0 radical (unpaired) electrons. The highest BCUT2D eigenvalue weighted by Gasteiger charge is 2.67. The minimum Gasteiger partial charge on any atom is -0.490 e. The Morgan fingerprint density at radius 3 is 2.42 bits per heavy atom. The van der Waals surface area contributed by atoms with Crippen molar-refractivity contribution in [3.05, 3.63) is 82.3 Å². The molecular formula is C31H27BrN2O4. The summed E-state index contributed by atoms with van der Waals surface area (Å²) in [6, 6.07) is 18.1. The first-order valence-electron chi connectivity index (χ1n) is 13.2. The van der Waals surface area contributed by atoms with Crippen molar-refractivity contribution in [2.24, 2.45) is 40.6 Å². The largest absolute Gasteiger partial charge is 0.490 e. The molecule has 8 rings (SSSR count). The number of allylic oxidation sites excluding steroid dienone is 2. The molecule has 2 bridgehead atoms. The first-order chi connectivity index (χ1) is 18.5. The molecule has 3 aromatic rings. The molecule has 38 heavy (non-hydrogen) atoms. The SMILES string of the molecule is CCOc1cc(C=NN2C(=O)[C@@H]3[C@H]4C=C[C@@H]([C@@H]5C[C@H]45)[C@@H]3C2=O)cc(Br)c1OCc1cccc2ccccc12. The van der Waals surface area contributed by atoms with Gasteiger partial charge < -0.3 is 9.47 Å². The third-order valence-electron chi connectivity index (χ3n) is 8.55. The summed E-state index contributed by atoms with van der Waals surface area (Å²) >= 11 is 3.63. The molecule has 1 aliphatic heterocycles. The number of carbonyl (C=O) groups is 2. The van der Waals surface area contributed by atoms with Crippen molar-refractivity contribution in [2.75, 3.05) is 6.61 Å². The zero-order valence-corrected chi connectivity index (χ0v) is 22.5. The van der Waals surface area contributed by atoms with Gasteiger partial charge in [-0.1, -0.05) is 54.6 Å². The Morgan fingerprint density at radius 2 is 1.68 bits per heavy atom. The summed E-state index contributed by atoms with van der Waals surface area (Å²) in [6.45, 7) is 2.76. The van der Waals surface area contributed by atoms with Crippen molar-refractivity contribution >= 4 is 44.7 Å². The second-order valence-corrected chi connectivity index (χ2v) is 11.4. The van der Waals surface area contributed by atoms with Gasteiger partial charge in [0.1, 0.15) is 6.61 Å². The Morgan fingerprint density at radius 1 is 0.974 bits per heavy atom. The molecule has 4 aliphatic carbocycles. The molecule has 0 N–H and O–H groups in total. The Bertz CT molecular complexity index is 1490. The van der Waals surface area contributed by atoms with Crippen LogP contribution in [0.15, 0.2) is 76.3 Å². The van der Waals surface area contributed by atoms with E-state index in [0.717, 1.165) is 27.8 Å². The van der Waals surface area contributed by atoms with Crippen molar-refractivity contribution in [2.45, 2.75) is 20.0 Å². The van der Waals surface area contributed by atoms with Gasteiger partial charge in [-0.3, -0.25) is 9.59 Å². The second-order valence-electron chi connectivity index (χ2n) is 10.6. The number of benzene rings is 3. The van der Waals surface area contributed by atoms with Crippen LogP contribution in [0.5, 0.6) is 11.5 Å². The van der Waals surface area contributed by atoms with Crippen LogP contribution in [0.1, 0.15) is 24.5 Å². The molecule has 6 atom stereocenters. The molecule has 2 amide bonds. The van der Waals surface area contributed by atoms with Crippen LogP contribution in [0.4, 0.5) is 0 Å². The Labute approximate surface area is 229 Å². The van der Waals surface area contributed by atoms with Crippen LogP contribution in [0.25, 0.3) is 10.8 Å². The first kappa shape index (κ1) is 23.7. The summed E-state index contributed by atoms with van der Waals surface area (Å²) in [6.07, 6.45) is 7.04. The van der Waals surface area contributed by atoms with E-state index in [-0.39, 0.29) is 35.5 Å². The highest BCUT2D eigenvalue weighted by molar-refractivity contribution is 9.10. The summed E-state index contributed by atoms with van der Waals surface area (Å²) in [5.41, 5.74) is 1.79.